The van der Waals surface area contributed by atoms with Gasteiger partial charge in [-0.3, -0.25) is 0 Å². The van der Waals surface area contributed by atoms with Crippen LogP contribution in [0.25, 0.3) is 6.08 Å². The molecule has 1 aliphatic carbocycles. The van der Waals surface area contributed by atoms with E-state index in [0.29, 0.717) is 11.3 Å². The van der Waals surface area contributed by atoms with E-state index < -0.39 is 0 Å². The van der Waals surface area contributed by atoms with Gasteiger partial charge in [0.15, 0.2) is 0 Å². The highest BCUT2D eigenvalue weighted by Gasteiger charge is 2.28. The molecule has 0 amide bonds. The van der Waals surface area contributed by atoms with Crippen LogP contribution in [0.1, 0.15) is 44.7 Å². The molecule has 74 valence electrons. The van der Waals surface area contributed by atoms with Crippen LogP contribution in [0.5, 0.6) is 0 Å². The zero-order chi connectivity index (χ0) is 10.3. The summed E-state index contributed by atoms with van der Waals surface area (Å²) in [5, 5.41) is 0. The summed E-state index contributed by atoms with van der Waals surface area (Å²) >= 11 is 0. The maximum absolute atomic E-state index is 2.36. The van der Waals surface area contributed by atoms with Crippen LogP contribution in [0.4, 0.5) is 0 Å². The first-order valence-electron chi connectivity index (χ1n) is 5.31. The van der Waals surface area contributed by atoms with Crippen molar-refractivity contribution in [1.29, 1.82) is 0 Å². The predicted octanol–water partition coefficient (Wildman–Crippen LogP) is 4.23. The lowest BCUT2D eigenvalue weighted by Crippen LogP contribution is -2.11. The van der Waals surface area contributed by atoms with E-state index in [0.717, 1.165) is 0 Å². The Morgan fingerprint density at radius 2 is 1.71 bits per heavy atom. The molecule has 0 spiro atoms. The quantitative estimate of drug-likeness (QED) is 0.568. The summed E-state index contributed by atoms with van der Waals surface area (Å²) in [7, 11) is 0. The van der Waals surface area contributed by atoms with E-state index >= 15 is 0 Å². The molecule has 0 fully saturated rings. The van der Waals surface area contributed by atoms with E-state index in [4.69, 9.17) is 0 Å². The molecular weight excluding hydrogens is 168 g/mol. The second-order valence-electron chi connectivity index (χ2n) is 5.20. The summed E-state index contributed by atoms with van der Waals surface area (Å²) in [6.45, 7) is 9.19. The molecule has 0 saturated heterocycles. The molecule has 0 N–H and O–H groups in total. The van der Waals surface area contributed by atoms with E-state index in [1.807, 2.05) is 0 Å². The average molecular weight is 186 g/mol. The fourth-order valence-electron chi connectivity index (χ4n) is 2.36. The second-order valence-corrected chi connectivity index (χ2v) is 5.20. The van der Waals surface area contributed by atoms with E-state index in [1.54, 1.807) is 5.57 Å². The number of benzene rings is 1. The van der Waals surface area contributed by atoms with E-state index in [1.165, 1.54) is 11.1 Å². The summed E-state index contributed by atoms with van der Waals surface area (Å²) in [5.41, 5.74) is 4.74. The molecule has 0 heteroatoms. The third-order valence-corrected chi connectivity index (χ3v) is 3.11. The van der Waals surface area contributed by atoms with Gasteiger partial charge < -0.3 is 0 Å². The lowest BCUT2D eigenvalue weighted by Gasteiger charge is -2.25. The first-order chi connectivity index (χ1) is 6.50. The zero-order valence-electron chi connectivity index (χ0n) is 9.46. The monoisotopic (exact) mass is 186 g/mol. The van der Waals surface area contributed by atoms with Gasteiger partial charge in [-0.1, -0.05) is 63.6 Å². The third-order valence-electron chi connectivity index (χ3n) is 3.11. The predicted molar refractivity (Wildman–Crippen MR) is 62.3 cm³/mol. The number of hydrogen-bond acceptors (Lipinski definition) is 0. The van der Waals surface area contributed by atoms with Crippen molar-refractivity contribution in [3.63, 3.8) is 0 Å². The van der Waals surface area contributed by atoms with Crippen LogP contribution < -0.4 is 0 Å². The van der Waals surface area contributed by atoms with Gasteiger partial charge in [-0.2, -0.15) is 0 Å². The molecule has 0 aliphatic heterocycles. The van der Waals surface area contributed by atoms with E-state index in [-0.39, 0.29) is 0 Å². The molecule has 1 aliphatic rings. The molecular formula is C14H18. The zero-order valence-corrected chi connectivity index (χ0v) is 9.46. The average Bonchev–Trinajstić information content (AvgIpc) is 2.44. The first-order valence-corrected chi connectivity index (χ1v) is 5.31. The third kappa shape index (κ3) is 1.39. The Kier molecular flexibility index (Phi) is 2.02. The maximum Gasteiger partial charge on any atom is 0.00343 e. The fraction of sp³-hybridized carbons (Fsp3) is 0.429. The SMILES string of the molecule is CC1C(C(C)(C)C)=Cc2ccccc21. The summed E-state index contributed by atoms with van der Waals surface area (Å²) in [4.78, 5) is 0. The number of rotatable bonds is 0. The van der Waals surface area contributed by atoms with Crippen LogP contribution in [0.15, 0.2) is 29.8 Å². The van der Waals surface area contributed by atoms with Crippen molar-refractivity contribution in [2.75, 3.05) is 0 Å². The van der Waals surface area contributed by atoms with Crippen LogP contribution >= 0.6 is 0 Å². The van der Waals surface area contributed by atoms with Gasteiger partial charge in [0.1, 0.15) is 0 Å². The normalized spacial score (nSPS) is 20.6. The van der Waals surface area contributed by atoms with Gasteiger partial charge in [0.2, 0.25) is 0 Å². The van der Waals surface area contributed by atoms with Gasteiger partial charge >= 0.3 is 0 Å². The van der Waals surface area contributed by atoms with Crippen LogP contribution in [0, 0.1) is 5.41 Å². The molecule has 14 heavy (non-hydrogen) atoms. The summed E-state index contributed by atoms with van der Waals surface area (Å²) in [6.07, 6.45) is 2.36. The lowest BCUT2D eigenvalue weighted by molar-refractivity contribution is 0.478. The molecule has 0 saturated carbocycles. The second kappa shape index (κ2) is 2.98. The van der Waals surface area contributed by atoms with Crippen molar-refractivity contribution in [2.45, 2.75) is 33.6 Å². The van der Waals surface area contributed by atoms with Crippen LogP contribution in [-0.4, -0.2) is 0 Å². The van der Waals surface area contributed by atoms with Crippen molar-refractivity contribution in [3.05, 3.63) is 41.0 Å². The molecule has 1 aromatic carbocycles. The largest absolute Gasteiger partial charge is 0.0619 e. The Bertz CT molecular complexity index is 377. The van der Waals surface area contributed by atoms with E-state index in [9.17, 15) is 0 Å². The highest BCUT2D eigenvalue weighted by molar-refractivity contribution is 5.67. The Morgan fingerprint density at radius 1 is 1.07 bits per heavy atom. The van der Waals surface area contributed by atoms with Crippen LogP contribution in [-0.2, 0) is 0 Å². The summed E-state index contributed by atoms with van der Waals surface area (Å²) < 4.78 is 0. The molecule has 1 unspecified atom stereocenters. The van der Waals surface area contributed by atoms with Gasteiger partial charge in [-0.25, -0.2) is 0 Å². The van der Waals surface area contributed by atoms with Gasteiger partial charge in [0.05, 0.1) is 0 Å². The Hall–Kier alpha value is -1.04. The minimum atomic E-state index is 0.290. The van der Waals surface area contributed by atoms with Crippen molar-refractivity contribution in [1.82, 2.24) is 0 Å². The Morgan fingerprint density at radius 3 is 2.29 bits per heavy atom. The summed E-state index contributed by atoms with van der Waals surface area (Å²) in [6, 6.07) is 8.71. The minimum Gasteiger partial charge on any atom is -0.0619 e. The number of hydrogen-bond donors (Lipinski definition) is 0. The minimum absolute atomic E-state index is 0.290. The molecule has 0 bridgehead atoms. The molecule has 0 heterocycles. The fourth-order valence-corrected chi connectivity index (χ4v) is 2.36. The van der Waals surface area contributed by atoms with Crippen LogP contribution in [0.2, 0.25) is 0 Å². The van der Waals surface area contributed by atoms with Crippen LogP contribution in [0.3, 0.4) is 0 Å². The number of allylic oxidation sites excluding steroid dienone is 1. The Labute approximate surface area is 86.7 Å². The van der Waals surface area contributed by atoms with Crippen molar-refractivity contribution < 1.29 is 0 Å². The molecule has 1 atom stereocenters. The Balaban J connectivity index is 2.47. The molecule has 0 radical (unpaired) electrons. The van der Waals surface area contributed by atoms with Crippen molar-refractivity contribution >= 4 is 6.08 Å². The first kappa shape index (κ1) is 9.51. The highest BCUT2D eigenvalue weighted by Crippen LogP contribution is 2.44. The van der Waals surface area contributed by atoms with Crippen molar-refractivity contribution in [2.24, 2.45) is 5.41 Å². The van der Waals surface area contributed by atoms with Gasteiger partial charge in [-0.15, -0.1) is 0 Å². The summed E-state index contributed by atoms with van der Waals surface area (Å²) in [5.74, 6) is 0.589. The van der Waals surface area contributed by atoms with Crippen molar-refractivity contribution in [3.8, 4) is 0 Å². The van der Waals surface area contributed by atoms with Gasteiger partial charge in [-0.05, 0) is 16.5 Å². The standard InChI is InChI=1S/C14H18/c1-10-12-8-6-5-7-11(12)9-13(10)14(2,3)4/h5-10H,1-4H3. The maximum atomic E-state index is 2.36. The highest BCUT2D eigenvalue weighted by atomic mass is 14.3. The lowest BCUT2D eigenvalue weighted by atomic mass is 9.80. The molecule has 0 nitrogen and oxygen atoms in total. The topological polar surface area (TPSA) is 0 Å². The number of fused-ring (bicyclic) bond motifs is 1. The van der Waals surface area contributed by atoms with Gasteiger partial charge in [0, 0.05) is 5.92 Å². The molecule has 1 aromatic rings. The smallest absolute Gasteiger partial charge is 0.00343 e. The molecule has 0 aromatic heterocycles. The molecule has 2 rings (SSSR count). The van der Waals surface area contributed by atoms with E-state index in [2.05, 4.69) is 58.0 Å². The van der Waals surface area contributed by atoms with Gasteiger partial charge in [0.25, 0.3) is 0 Å².